The fourth-order valence-electron chi connectivity index (χ4n) is 3.48. The normalized spacial score (nSPS) is 28.5. The number of piperazine rings is 1. The maximum atomic E-state index is 5.82. The molecule has 3 rings (SSSR count). The van der Waals surface area contributed by atoms with Gasteiger partial charge < -0.3 is 9.72 Å². The molecule has 2 saturated heterocycles. The van der Waals surface area contributed by atoms with E-state index in [9.17, 15) is 0 Å². The Hall–Kier alpha value is -0.910. The molecule has 0 spiro atoms. The second-order valence-electron chi connectivity index (χ2n) is 6.08. The van der Waals surface area contributed by atoms with Gasteiger partial charge in [0.1, 0.15) is 0 Å². The molecule has 5 nitrogen and oxygen atoms in total. The molecular weight excluding hydrogens is 252 g/mol. The molecule has 0 radical (unpaired) electrons. The summed E-state index contributed by atoms with van der Waals surface area (Å²) in [6.45, 7) is 10.5. The van der Waals surface area contributed by atoms with E-state index in [1.165, 1.54) is 30.8 Å². The Morgan fingerprint density at radius 2 is 2.30 bits per heavy atom. The van der Waals surface area contributed by atoms with E-state index >= 15 is 0 Å². The van der Waals surface area contributed by atoms with E-state index in [0.29, 0.717) is 12.1 Å². The lowest BCUT2D eigenvalue weighted by Crippen LogP contribution is -2.61. The Kier molecular flexibility index (Phi) is 4.38. The summed E-state index contributed by atoms with van der Waals surface area (Å²) in [4.78, 5) is 12.8. The number of aromatic amines is 1. The van der Waals surface area contributed by atoms with Gasteiger partial charge >= 0.3 is 0 Å². The number of imidazole rings is 1. The van der Waals surface area contributed by atoms with Crippen LogP contribution in [0.25, 0.3) is 0 Å². The summed E-state index contributed by atoms with van der Waals surface area (Å²) >= 11 is 0. The molecule has 2 atom stereocenters. The Balaban J connectivity index is 1.59. The molecule has 1 aromatic heterocycles. The first-order chi connectivity index (χ1) is 9.78. The minimum Gasteiger partial charge on any atom is -0.378 e. The molecule has 0 unspecified atom stereocenters. The lowest BCUT2D eigenvalue weighted by molar-refractivity contribution is -0.0842. The van der Waals surface area contributed by atoms with Crippen LogP contribution in [0.5, 0.6) is 0 Å². The van der Waals surface area contributed by atoms with E-state index in [1.54, 1.807) is 6.33 Å². The van der Waals surface area contributed by atoms with Gasteiger partial charge in [0, 0.05) is 44.0 Å². The quantitative estimate of drug-likeness (QED) is 0.904. The Morgan fingerprint density at radius 3 is 3.05 bits per heavy atom. The average molecular weight is 278 g/mol. The molecule has 0 aromatic carbocycles. The van der Waals surface area contributed by atoms with Crippen molar-refractivity contribution >= 4 is 0 Å². The number of hydrogen-bond acceptors (Lipinski definition) is 4. The Morgan fingerprint density at radius 1 is 1.40 bits per heavy atom. The number of nitrogens with one attached hydrogen (secondary N) is 1. The topological polar surface area (TPSA) is 44.4 Å². The third-order valence-corrected chi connectivity index (χ3v) is 4.63. The highest BCUT2D eigenvalue weighted by Gasteiger charge is 2.35. The molecule has 3 heterocycles. The van der Waals surface area contributed by atoms with Crippen LogP contribution in [0.4, 0.5) is 0 Å². The van der Waals surface area contributed by atoms with E-state index in [1.807, 2.05) is 0 Å². The molecule has 1 N–H and O–H groups in total. The van der Waals surface area contributed by atoms with Crippen molar-refractivity contribution in [2.75, 3.05) is 32.8 Å². The number of aryl methyl sites for hydroxylation is 1. The molecule has 0 aliphatic carbocycles. The molecule has 5 heteroatoms. The van der Waals surface area contributed by atoms with Crippen LogP contribution in [0, 0.1) is 6.92 Å². The summed E-state index contributed by atoms with van der Waals surface area (Å²) < 4.78 is 5.82. The van der Waals surface area contributed by atoms with E-state index in [2.05, 4.69) is 33.6 Å². The van der Waals surface area contributed by atoms with Crippen molar-refractivity contribution in [2.24, 2.45) is 0 Å². The second-order valence-corrected chi connectivity index (χ2v) is 6.08. The van der Waals surface area contributed by atoms with Gasteiger partial charge in [-0.25, -0.2) is 4.98 Å². The molecule has 0 bridgehead atoms. The largest absolute Gasteiger partial charge is 0.378 e. The van der Waals surface area contributed by atoms with Gasteiger partial charge in [0.15, 0.2) is 0 Å². The van der Waals surface area contributed by atoms with Gasteiger partial charge in [-0.2, -0.15) is 0 Å². The van der Waals surface area contributed by atoms with Crippen molar-refractivity contribution < 1.29 is 4.74 Å². The van der Waals surface area contributed by atoms with E-state index in [4.69, 9.17) is 4.74 Å². The van der Waals surface area contributed by atoms with Crippen LogP contribution >= 0.6 is 0 Å². The highest BCUT2D eigenvalue weighted by atomic mass is 16.5. The van der Waals surface area contributed by atoms with Gasteiger partial charge in [-0.1, -0.05) is 13.3 Å². The van der Waals surface area contributed by atoms with Crippen LogP contribution in [0.2, 0.25) is 0 Å². The lowest BCUT2D eigenvalue weighted by Gasteiger charge is -2.48. The number of hydrogen-bond donors (Lipinski definition) is 1. The summed E-state index contributed by atoms with van der Waals surface area (Å²) in [7, 11) is 0. The number of rotatable bonds is 4. The van der Waals surface area contributed by atoms with Gasteiger partial charge in [-0.05, 0) is 13.3 Å². The first-order valence-electron chi connectivity index (χ1n) is 7.82. The van der Waals surface area contributed by atoms with E-state index < -0.39 is 0 Å². The summed E-state index contributed by atoms with van der Waals surface area (Å²) in [5.74, 6) is 0. The SMILES string of the molecule is CCC[C@H]1COC[C@H]2CN(Cc3nc[nH]c3C)CCN12. The van der Waals surface area contributed by atoms with Crippen molar-refractivity contribution in [1.82, 2.24) is 19.8 Å². The summed E-state index contributed by atoms with van der Waals surface area (Å²) in [5.41, 5.74) is 2.37. The fraction of sp³-hybridized carbons (Fsp3) is 0.800. The van der Waals surface area contributed by atoms with Gasteiger partial charge in [0.25, 0.3) is 0 Å². The fourth-order valence-corrected chi connectivity index (χ4v) is 3.48. The first-order valence-corrected chi connectivity index (χ1v) is 7.82. The molecule has 0 amide bonds. The van der Waals surface area contributed by atoms with Gasteiger partial charge in [0.05, 0.1) is 25.2 Å². The summed E-state index contributed by atoms with van der Waals surface area (Å²) in [6, 6.07) is 1.20. The van der Waals surface area contributed by atoms with Crippen molar-refractivity contribution in [3.8, 4) is 0 Å². The third-order valence-electron chi connectivity index (χ3n) is 4.63. The minimum absolute atomic E-state index is 0.563. The number of H-pyrrole nitrogens is 1. The smallest absolute Gasteiger partial charge is 0.0925 e. The van der Waals surface area contributed by atoms with Crippen molar-refractivity contribution in [3.63, 3.8) is 0 Å². The maximum Gasteiger partial charge on any atom is 0.0925 e. The molecule has 2 aliphatic rings. The third kappa shape index (κ3) is 2.90. The molecule has 0 saturated carbocycles. The molecule has 2 aliphatic heterocycles. The monoisotopic (exact) mass is 278 g/mol. The molecule has 2 fully saturated rings. The number of fused-ring (bicyclic) bond motifs is 1. The van der Waals surface area contributed by atoms with Gasteiger partial charge in [-0.15, -0.1) is 0 Å². The van der Waals surface area contributed by atoms with Crippen LogP contribution in [0.1, 0.15) is 31.2 Å². The molecule has 112 valence electrons. The van der Waals surface area contributed by atoms with Crippen LogP contribution in [0.15, 0.2) is 6.33 Å². The molecule has 1 aromatic rings. The van der Waals surface area contributed by atoms with Gasteiger partial charge in [-0.3, -0.25) is 9.80 Å². The predicted molar refractivity (Wildman–Crippen MR) is 78.6 cm³/mol. The van der Waals surface area contributed by atoms with Crippen LogP contribution in [-0.2, 0) is 11.3 Å². The van der Waals surface area contributed by atoms with Gasteiger partial charge in [0.2, 0.25) is 0 Å². The van der Waals surface area contributed by atoms with Crippen molar-refractivity contribution in [3.05, 3.63) is 17.7 Å². The van der Waals surface area contributed by atoms with Crippen LogP contribution < -0.4 is 0 Å². The Bertz CT molecular complexity index is 431. The van der Waals surface area contributed by atoms with Crippen molar-refractivity contribution in [1.29, 1.82) is 0 Å². The minimum atomic E-state index is 0.563. The number of ether oxygens (including phenoxy) is 1. The van der Waals surface area contributed by atoms with Crippen molar-refractivity contribution in [2.45, 2.75) is 45.3 Å². The summed E-state index contributed by atoms with van der Waals surface area (Å²) in [6.07, 6.45) is 4.30. The predicted octanol–water partition coefficient (Wildman–Crippen LogP) is 1.40. The summed E-state index contributed by atoms with van der Waals surface area (Å²) in [5, 5.41) is 0. The first kappa shape index (κ1) is 14.0. The zero-order valence-electron chi connectivity index (χ0n) is 12.6. The highest BCUT2D eigenvalue weighted by Crippen LogP contribution is 2.22. The molecular formula is C15H26N4O. The van der Waals surface area contributed by atoms with E-state index in [-0.39, 0.29) is 0 Å². The Labute approximate surface area is 121 Å². The zero-order chi connectivity index (χ0) is 13.9. The second kappa shape index (κ2) is 6.24. The molecule has 20 heavy (non-hydrogen) atoms. The van der Waals surface area contributed by atoms with E-state index in [0.717, 1.165) is 32.8 Å². The average Bonchev–Trinajstić information content (AvgIpc) is 2.85. The van der Waals surface area contributed by atoms with Crippen LogP contribution in [-0.4, -0.2) is 64.7 Å². The van der Waals surface area contributed by atoms with Crippen LogP contribution in [0.3, 0.4) is 0 Å². The highest BCUT2D eigenvalue weighted by molar-refractivity contribution is 5.08. The zero-order valence-corrected chi connectivity index (χ0v) is 12.6. The number of nitrogens with zero attached hydrogens (tertiary/aromatic N) is 3. The number of morpholine rings is 1. The lowest BCUT2D eigenvalue weighted by atomic mass is 10.0. The standard InChI is InChI=1S/C15H26N4O/c1-3-4-13-9-20-10-14-7-18(5-6-19(13)14)8-15-12(2)16-11-17-15/h11,13-14H,3-10H2,1-2H3,(H,16,17)/t13-,14+/m0/s1. The maximum absolute atomic E-state index is 5.82. The number of aromatic nitrogens is 2.